The van der Waals surface area contributed by atoms with Crippen molar-refractivity contribution in [1.82, 2.24) is 10.6 Å². The summed E-state index contributed by atoms with van der Waals surface area (Å²) in [4.78, 5) is 11.1. The van der Waals surface area contributed by atoms with Crippen LogP contribution in [0.3, 0.4) is 0 Å². The third-order valence-electron chi connectivity index (χ3n) is 4.44. The lowest BCUT2D eigenvalue weighted by Gasteiger charge is -2.09. The fourth-order valence-corrected chi connectivity index (χ4v) is 2.43. The lowest BCUT2D eigenvalue weighted by molar-refractivity contribution is -0.137. The molecule has 0 radical (unpaired) electrons. The molecule has 106 valence electrons. The number of carbonyl (C=O) groups excluding carboxylic acids is 1. The van der Waals surface area contributed by atoms with Gasteiger partial charge in [-0.05, 0) is 23.3 Å². The first-order valence-corrected chi connectivity index (χ1v) is 6.02. The van der Waals surface area contributed by atoms with E-state index in [1.807, 2.05) is 5.32 Å². The molecule has 0 bridgehead atoms. The van der Waals surface area contributed by atoms with Gasteiger partial charge in [-0.15, -0.1) is 0 Å². The molecule has 1 aliphatic rings. The van der Waals surface area contributed by atoms with Crippen LogP contribution in [0.15, 0.2) is 0 Å². The van der Waals surface area contributed by atoms with Crippen molar-refractivity contribution in [2.75, 3.05) is 19.6 Å². The zero-order valence-electron chi connectivity index (χ0n) is 11.2. The van der Waals surface area contributed by atoms with Gasteiger partial charge >= 0.3 is 6.18 Å². The minimum atomic E-state index is -4.35. The highest BCUT2D eigenvalue weighted by Gasteiger charge is 2.63. The molecule has 0 aromatic heterocycles. The Labute approximate surface area is 106 Å². The minimum absolute atomic E-state index is 0.0707. The largest absolute Gasteiger partial charge is 0.405 e. The summed E-state index contributed by atoms with van der Waals surface area (Å²) in [5.74, 6) is -0.177. The maximum Gasteiger partial charge on any atom is 0.405 e. The molecule has 2 N–H and O–H groups in total. The third kappa shape index (κ3) is 3.37. The Morgan fingerprint density at radius 2 is 1.67 bits per heavy atom. The highest BCUT2D eigenvalue weighted by molar-refractivity contribution is 5.78. The fraction of sp³-hybridized carbons (Fsp3) is 0.917. The first kappa shape index (κ1) is 15.3. The van der Waals surface area contributed by atoms with Crippen molar-refractivity contribution in [2.45, 2.75) is 33.9 Å². The van der Waals surface area contributed by atoms with Gasteiger partial charge in [-0.2, -0.15) is 13.2 Å². The van der Waals surface area contributed by atoms with E-state index in [1.54, 1.807) is 0 Å². The number of carbonyl (C=O) groups is 1. The van der Waals surface area contributed by atoms with Crippen molar-refractivity contribution in [3.63, 3.8) is 0 Å². The zero-order valence-corrected chi connectivity index (χ0v) is 11.2. The molecule has 18 heavy (non-hydrogen) atoms. The van der Waals surface area contributed by atoms with E-state index >= 15 is 0 Å². The molecule has 0 saturated heterocycles. The summed E-state index contributed by atoms with van der Waals surface area (Å²) in [7, 11) is 0. The van der Waals surface area contributed by atoms with Crippen molar-refractivity contribution in [3.8, 4) is 0 Å². The zero-order chi connectivity index (χ0) is 14.2. The van der Waals surface area contributed by atoms with Crippen LogP contribution in [0.2, 0.25) is 0 Å². The van der Waals surface area contributed by atoms with E-state index in [0.717, 1.165) is 0 Å². The molecule has 1 aliphatic carbocycles. The van der Waals surface area contributed by atoms with Crippen molar-refractivity contribution >= 4 is 5.91 Å². The van der Waals surface area contributed by atoms with E-state index in [9.17, 15) is 18.0 Å². The number of halogens is 3. The summed E-state index contributed by atoms with van der Waals surface area (Å²) < 4.78 is 35.5. The fourth-order valence-electron chi connectivity index (χ4n) is 2.43. The molecule has 6 heteroatoms. The number of rotatable bonds is 5. The second-order valence-corrected chi connectivity index (χ2v) is 6.02. The highest BCUT2D eigenvalue weighted by atomic mass is 19.4. The van der Waals surface area contributed by atoms with Crippen LogP contribution in [-0.4, -0.2) is 31.7 Å². The topological polar surface area (TPSA) is 41.1 Å². The van der Waals surface area contributed by atoms with Gasteiger partial charge in [0.2, 0.25) is 5.91 Å². The maximum absolute atomic E-state index is 11.8. The van der Waals surface area contributed by atoms with Crippen molar-refractivity contribution in [1.29, 1.82) is 0 Å². The van der Waals surface area contributed by atoms with Crippen molar-refractivity contribution in [2.24, 2.45) is 16.7 Å². The minimum Gasteiger partial charge on any atom is -0.346 e. The van der Waals surface area contributed by atoms with E-state index in [1.165, 1.54) is 0 Å². The van der Waals surface area contributed by atoms with Crippen LogP contribution < -0.4 is 10.6 Å². The summed E-state index contributed by atoms with van der Waals surface area (Å²) in [6.07, 6.45) is -4.35. The Hall–Kier alpha value is -0.780. The molecule has 1 amide bonds. The second-order valence-electron chi connectivity index (χ2n) is 6.02. The maximum atomic E-state index is 11.8. The number of amides is 1. The quantitative estimate of drug-likeness (QED) is 0.798. The van der Waals surface area contributed by atoms with E-state index in [0.29, 0.717) is 12.5 Å². The van der Waals surface area contributed by atoms with Crippen LogP contribution in [0.4, 0.5) is 13.2 Å². The Kier molecular flexibility index (Phi) is 4.00. The van der Waals surface area contributed by atoms with E-state index in [2.05, 4.69) is 33.0 Å². The molecule has 0 aromatic carbocycles. The Morgan fingerprint density at radius 1 is 1.17 bits per heavy atom. The van der Waals surface area contributed by atoms with Crippen LogP contribution >= 0.6 is 0 Å². The molecule has 0 aliphatic heterocycles. The van der Waals surface area contributed by atoms with Gasteiger partial charge in [-0.1, -0.05) is 27.7 Å². The molecule has 0 spiro atoms. The van der Waals surface area contributed by atoms with Gasteiger partial charge in [0.15, 0.2) is 0 Å². The van der Waals surface area contributed by atoms with Crippen molar-refractivity contribution < 1.29 is 18.0 Å². The first-order chi connectivity index (χ1) is 7.98. The van der Waals surface area contributed by atoms with Gasteiger partial charge in [-0.25, -0.2) is 0 Å². The van der Waals surface area contributed by atoms with Gasteiger partial charge < -0.3 is 10.6 Å². The number of hydrogen-bond acceptors (Lipinski definition) is 2. The predicted octanol–water partition coefficient (Wildman–Crippen LogP) is 1.94. The molecule has 0 unspecified atom stereocenters. The molecular formula is C12H21F3N2O. The first-order valence-electron chi connectivity index (χ1n) is 6.02. The Bertz CT molecular complexity index is 310. The molecule has 0 heterocycles. The van der Waals surface area contributed by atoms with Crippen molar-refractivity contribution in [3.05, 3.63) is 0 Å². The Morgan fingerprint density at radius 3 is 2.06 bits per heavy atom. The Balaban J connectivity index is 2.18. The smallest absolute Gasteiger partial charge is 0.346 e. The lowest BCUT2D eigenvalue weighted by atomic mass is 10.0. The van der Waals surface area contributed by atoms with Crippen LogP contribution in [0.5, 0.6) is 0 Å². The second kappa shape index (κ2) is 4.72. The SMILES string of the molecule is CC1(C)C(CNCC(=O)NCC(F)(F)F)C1(C)C. The van der Waals surface area contributed by atoms with Crippen LogP contribution in [0.25, 0.3) is 0 Å². The van der Waals surface area contributed by atoms with Crippen LogP contribution in [0.1, 0.15) is 27.7 Å². The monoisotopic (exact) mass is 266 g/mol. The highest BCUT2D eigenvalue weighted by Crippen LogP contribution is 2.67. The number of nitrogens with one attached hydrogen (secondary N) is 2. The summed E-state index contributed by atoms with van der Waals surface area (Å²) >= 11 is 0. The standard InChI is InChI=1S/C12H21F3N2O/c1-10(2)8(11(10,3)4)5-16-6-9(18)17-7-12(13,14)15/h8,16H,5-7H2,1-4H3,(H,17,18). The summed E-state index contributed by atoms with van der Waals surface area (Å²) in [5.41, 5.74) is 0.422. The van der Waals surface area contributed by atoms with Crippen LogP contribution in [-0.2, 0) is 4.79 Å². The van der Waals surface area contributed by atoms with Crippen LogP contribution in [0, 0.1) is 16.7 Å². The van der Waals surface area contributed by atoms with Gasteiger partial charge in [0.1, 0.15) is 6.54 Å². The van der Waals surface area contributed by atoms with Gasteiger partial charge in [0.05, 0.1) is 6.54 Å². The molecule has 3 nitrogen and oxygen atoms in total. The normalized spacial score (nSPS) is 21.7. The van der Waals surface area contributed by atoms with E-state index in [-0.39, 0.29) is 17.4 Å². The van der Waals surface area contributed by atoms with E-state index in [4.69, 9.17) is 0 Å². The summed E-state index contributed by atoms with van der Waals surface area (Å²) in [6.45, 7) is 7.93. The molecule has 1 fully saturated rings. The van der Waals surface area contributed by atoms with Gasteiger partial charge in [0.25, 0.3) is 0 Å². The summed E-state index contributed by atoms with van der Waals surface area (Å²) in [5, 5.41) is 4.75. The molecule has 1 saturated carbocycles. The molecule has 1 rings (SSSR count). The number of alkyl halides is 3. The predicted molar refractivity (Wildman–Crippen MR) is 63.0 cm³/mol. The molecule has 0 aromatic rings. The lowest BCUT2D eigenvalue weighted by Crippen LogP contribution is -2.39. The average molecular weight is 266 g/mol. The third-order valence-corrected chi connectivity index (χ3v) is 4.44. The molecule has 0 atom stereocenters. The average Bonchev–Trinajstić information content (AvgIpc) is 2.56. The molecular weight excluding hydrogens is 245 g/mol. The van der Waals surface area contributed by atoms with Gasteiger partial charge in [-0.3, -0.25) is 4.79 Å². The van der Waals surface area contributed by atoms with Gasteiger partial charge in [0, 0.05) is 0 Å². The number of hydrogen-bond donors (Lipinski definition) is 2. The van der Waals surface area contributed by atoms with E-state index < -0.39 is 18.6 Å². The summed E-state index contributed by atoms with van der Waals surface area (Å²) in [6, 6.07) is 0.